The van der Waals surface area contributed by atoms with Gasteiger partial charge in [-0.15, -0.1) is 0 Å². The molecule has 0 radical (unpaired) electrons. The summed E-state index contributed by atoms with van der Waals surface area (Å²) in [5.74, 6) is -0.237. The fourth-order valence-corrected chi connectivity index (χ4v) is 2.65. The highest BCUT2D eigenvalue weighted by molar-refractivity contribution is 7.89. The van der Waals surface area contributed by atoms with Gasteiger partial charge in [-0.3, -0.25) is 4.79 Å². The van der Waals surface area contributed by atoms with Crippen LogP contribution < -0.4 is 11.1 Å². The molecule has 3 N–H and O–H groups in total. The van der Waals surface area contributed by atoms with E-state index in [-0.39, 0.29) is 23.8 Å². The van der Waals surface area contributed by atoms with Crippen molar-refractivity contribution in [1.82, 2.24) is 4.31 Å². The summed E-state index contributed by atoms with van der Waals surface area (Å²) in [6.07, 6.45) is 0.198. The fraction of sp³-hybridized carbons (Fsp3) is 0.417. The first-order valence-electron chi connectivity index (χ1n) is 5.82. The van der Waals surface area contributed by atoms with Crippen LogP contribution in [0.5, 0.6) is 0 Å². The number of rotatable bonds is 5. The van der Waals surface area contributed by atoms with E-state index < -0.39 is 10.0 Å². The zero-order chi connectivity index (χ0) is 14.6. The molecule has 1 amide bonds. The monoisotopic (exact) mass is 285 g/mol. The molecule has 0 aromatic heterocycles. The molecule has 0 bridgehead atoms. The topological polar surface area (TPSA) is 92.5 Å². The number of nitrogens with two attached hydrogens (primary N) is 1. The Balaban J connectivity index is 3.12. The maximum atomic E-state index is 12.1. The first-order valence-corrected chi connectivity index (χ1v) is 7.26. The average molecular weight is 285 g/mol. The van der Waals surface area contributed by atoms with Crippen LogP contribution in [0.4, 0.5) is 5.69 Å². The molecule has 1 rings (SSSR count). The van der Waals surface area contributed by atoms with E-state index in [9.17, 15) is 13.2 Å². The van der Waals surface area contributed by atoms with E-state index in [1.165, 1.54) is 20.2 Å². The van der Waals surface area contributed by atoms with Gasteiger partial charge in [0.25, 0.3) is 0 Å². The van der Waals surface area contributed by atoms with E-state index in [1.807, 2.05) is 0 Å². The number of sulfonamides is 1. The first-order chi connectivity index (χ1) is 8.78. The summed E-state index contributed by atoms with van der Waals surface area (Å²) < 4.78 is 25.4. The normalized spacial score (nSPS) is 11.6. The molecule has 0 heterocycles. The zero-order valence-corrected chi connectivity index (χ0v) is 12.1. The van der Waals surface area contributed by atoms with Gasteiger partial charge in [0, 0.05) is 32.7 Å². The molecule has 6 nitrogen and oxygen atoms in total. The van der Waals surface area contributed by atoms with Gasteiger partial charge in [0.1, 0.15) is 0 Å². The number of nitrogens with zero attached hydrogens (tertiary/aromatic N) is 1. The minimum absolute atomic E-state index is 0.183. The molecular weight excluding hydrogens is 266 g/mol. The standard InChI is InChI=1S/C12H19N3O3S/c1-9-4-5-10(14-12(16)6-7-13)8-11(9)19(17,18)15(2)3/h4-5,8H,6-7,13H2,1-3H3,(H,14,16). The molecule has 0 unspecified atom stereocenters. The summed E-state index contributed by atoms with van der Waals surface area (Å²) in [6, 6.07) is 4.78. The number of aryl methyl sites for hydroxylation is 1. The number of carbonyl (C=O) groups is 1. The van der Waals surface area contributed by atoms with Crippen LogP contribution in [0.15, 0.2) is 23.1 Å². The lowest BCUT2D eigenvalue weighted by atomic mass is 10.2. The predicted molar refractivity (Wildman–Crippen MR) is 74.4 cm³/mol. The van der Waals surface area contributed by atoms with Gasteiger partial charge in [0.15, 0.2) is 0 Å². The lowest BCUT2D eigenvalue weighted by molar-refractivity contribution is -0.116. The summed E-state index contributed by atoms with van der Waals surface area (Å²) in [4.78, 5) is 11.6. The first kappa shape index (κ1) is 15.6. The number of anilines is 1. The Kier molecular flexibility index (Phi) is 5.04. The lowest BCUT2D eigenvalue weighted by Gasteiger charge is -2.15. The highest BCUT2D eigenvalue weighted by Crippen LogP contribution is 2.22. The molecule has 19 heavy (non-hydrogen) atoms. The lowest BCUT2D eigenvalue weighted by Crippen LogP contribution is -2.23. The third kappa shape index (κ3) is 3.76. The van der Waals surface area contributed by atoms with Gasteiger partial charge in [-0.1, -0.05) is 6.07 Å². The summed E-state index contributed by atoms with van der Waals surface area (Å²) >= 11 is 0. The highest BCUT2D eigenvalue weighted by atomic mass is 32.2. The van der Waals surface area contributed by atoms with Crippen molar-refractivity contribution in [3.05, 3.63) is 23.8 Å². The van der Waals surface area contributed by atoms with E-state index >= 15 is 0 Å². The number of amides is 1. The number of benzene rings is 1. The van der Waals surface area contributed by atoms with Crippen LogP contribution in [0.1, 0.15) is 12.0 Å². The number of nitrogens with one attached hydrogen (secondary N) is 1. The van der Waals surface area contributed by atoms with Gasteiger partial charge in [-0.05, 0) is 24.6 Å². The second-order valence-electron chi connectivity index (χ2n) is 4.35. The van der Waals surface area contributed by atoms with Crippen LogP contribution in [0.3, 0.4) is 0 Å². The molecule has 106 valence electrons. The van der Waals surface area contributed by atoms with Gasteiger partial charge in [0.05, 0.1) is 4.90 Å². The maximum absolute atomic E-state index is 12.1. The average Bonchev–Trinajstić information content (AvgIpc) is 2.31. The Morgan fingerprint density at radius 2 is 2.00 bits per heavy atom. The van der Waals surface area contributed by atoms with Crippen molar-refractivity contribution in [1.29, 1.82) is 0 Å². The van der Waals surface area contributed by atoms with Gasteiger partial charge >= 0.3 is 0 Å². The van der Waals surface area contributed by atoms with E-state index in [0.717, 1.165) is 4.31 Å². The maximum Gasteiger partial charge on any atom is 0.242 e. The van der Waals surface area contributed by atoms with Crippen LogP contribution in [-0.4, -0.2) is 39.3 Å². The molecule has 0 saturated carbocycles. The molecule has 1 aromatic rings. The molecule has 7 heteroatoms. The molecule has 0 aliphatic rings. The Bertz CT molecular complexity index is 568. The molecule has 0 atom stereocenters. The molecular formula is C12H19N3O3S. The van der Waals surface area contributed by atoms with Gasteiger partial charge in [0.2, 0.25) is 15.9 Å². The van der Waals surface area contributed by atoms with E-state index in [4.69, 9.17) is 5.73 Å². The Hall–Kier alpha value is -1.44. The molecule has 0 spiro atoms. The quantitative estimate of drug-likeness (QED) is 0.825. The zero-order valence-electron chi connectivity index (χ0n) is 11.3. The van der Waals surface area contributed by atoms with E-state index in [1.54, 1.807) is 19.1 Å². The Morgan fingerprint density at radius 3 is 2.53 bits per heavy atom. The van der Waals surface area contributed by atoms with Crippen LogP contribution in [0, 0.1) is 6.92 Å². The number of hydrogen-bond donors (Lipinski definition) is 2. The van der Waals surface area contributed by atoms with Crippen LogP contribution in [-0.2, 0) is 14.8 Å². The Morgan fingerprint density at radius 1 is 1.37 bits per heavy atom. The third-order valence-electron chi connectivity index (χ3n) is 2.60. The molecule has 1 aromatic carbocycles. The largest absolute Gasteiger partial charge is 0.330 e. The predicted octanol–water partition coefficient (Wildman–Crippen LogP) is 0.533. The van der Waals surface area contributed by atoms with Gasteiger partial charge in [-0.2, -0.15) is 0 Å². The molecule has 0 saturated heterocycles. The third-order valence-corrected chi connectivity index (χ3v) is 4.56. The smallest absolute Gasteiger partial charge is 0.242 e. The molecule has 0 aliphatic carbocycles. The van der Waals surface area contributed by atoms with Crippen molar-refractivity contribution in [3.63, 3.8) is 0 Å². The van der Waals surface area contributed by atoms with Gasteiger partial charge in [-0.25, -0.2) is 12.7 Å². The van der Waals surface area contributed by atoms with E-state index in [2.05, 4.69) is 5.32 Å². The summed E-state index contributed by atoms with van der Waals surface area (Å²) in [5.41, 5.74) is 6.36. The summed E-state index contributed by atoms with van der Waals surface area (Å²) in [7, 11) is -0.587. The van der Waals surface area contributed by atoms with Crippen molar-refractivity contribution < 1.29 is 13.2 Å². The van der Waals surface area contributed by atoms with Gasteiger partial charge < -0.3 is 11.1 Å². The summed E-state index contributed by atoms with van der Waals surface area (Å²) in [6.45, 7) is 1.96. The molecule has 0 fully saturated rings. The van der Waals surface area contributed by atoms with Crippen LogP contribution in [0.2, 0.25) is 0 Å². The second kappa shape index (κ2) is 6.14. The van der Waals surface area contributed by atoms with Crippen molar-refractivity contribution >= 4 is 21.6 Å². The van der Waals surface area contributed by atoms with Crippen molar-refractivity contribution in [2.45, 2.75) is 18.2 Å². The SMILES string of the molecule is Cc1ccc(NC(=O)CCN)cc1S(=O)(=O)N(C)C. The highest BCUT2D eigenvalue weighted by Gasteiger charge is 2.20. The second-order valence-corrected chi connectivity index (χ2v) is 6.47. The van der Waals surface area contributed by atoms with Crippen molar-refractivity contribution in [3.8, 4) is 0 Å². The summed E-state index contributed by atoms with van der Waals surface area (Å²) in [5, 5.41) is 2.62. The minimum Gasteiger partial charge on any atom is -0.330 e. The fourth-order valence-electron chi connectivity index (χ4n) is 1.51. The van der Waals surface area contributed by atoms with Crippen LogP contribution in [0.25, 0.3) is 0 Å². The molecule has 0 aliphatic heterocycles. The van der Waals surface area contributed by atoms with Crippen molar-refractivity contribution in [2.24, 2.45) is 5.73 Å². The number of hydrogen-bond acceptors (Lipinski definition) is 4. The van der Waals surface area contributed by atoms with E-state index in [0.29, 0.717) is 11.3 Å². The number of carbonyl (C=O) groups excluding carboxylic acids is 1. The van der Waals surface area contributed by atoms with Crippen LogP contribution >= 0.6 is 0 Å². The van der Waals surface area contributed by atoms with Crippen molar-refractivity contribution in [2.75, 3.05) is 26.0 Å². The minimum atomic E-state index is -3.52. The Labute approximate surface area is 113 Å².